The van der Waals surface area contributed by atoms with Crippen molar-refractivity contribution in [3.05, 3.63) is 28.2 Å². The van der Waals surface area contributed by atoms with Gasteiger partial charge < -0.3 is 4.74 Å². The van der Waals surface area contributed by atoms with Crippen molar-refractivity contribution >= 4 is 35.0 Å². The molecule has 0 aliphatic rings. The molecule has 0 aliphatic carbocycles. The number of hydrazine groups is 1. The van der Waals surface area contributed by atoms with Crippen LogP contribution in [0.2, 0.25) is 10.0 Å². The van der Waals surface area contributed by atoms with Crippen molar-refractivity contribution in [2.75, 3.05) is 12.5 Å². The van der Waals surface area contributed by atoms with Gasteiger partial charge in [-0.25, -0.2) is 9.80 Å². The number of carbonyl (C=O) groups excluding carboxylic acids is 1. The van der Waals surface area contributed by atoms with Gasteiger partial charge in [0.25, 0.3) is 0 Å². The summed E-state index contributed by atoms with van der Waals surface area (Å²) >= 11 is 11.9. The topological polar surface area (TPSA) is 41.6 Å². The maximum absolute atomic E-state index is 11.7. The second-order valence-electron chi connectivity index (χ2n) is 4.75. The van der Waals surface area contributed by atoms with E-state index < -0.39 is 11.7 Å². The van der Waals surface area contributed by atoms with E-state index in [0.29, 0.717) is 15.7 Å². The molecule has 0 aliphatic heterocycles. The Bertz CT molecular complexity index is 444. The molecule has 4 nitrogen and oxygen atoms in total. The highest BCUT2D eigenvalue weighted by Crippen LogP contribution is 2.29. The molecule has 0 spiro atoms. The molecule has 0 aromatic heterocycles. The molecule has 1 aromatic rings. The summed E-state index contributed by atoms with van der Waals surface area (Å²) in [6.07, 6.45) is -0.501. The minimum absolute atomic E-state index is 0.356. The van der Waals surface area contributed by atoms with Crippen LogP contribution in [0, 0.1) is 0 Å². The van der Waals surface area contributed by atoms with Crippen molar-refractivity contribution < 1.29 is 9.53 Å². The van der Waals surface area contributed by atoms with Crippen molar-refractivity contribution in [3.63, 3.8) is 0 Å². The van der Waals surface area contributed by atoms with Gasteiger partial charge in [-0.3, -0.25) is 5.43 Å². The van der Waals surface area contributed by atoms with Crippen LogP contribution in [0.5, 0.6) is 0 Å². The molecule has 0 unspecified atom stereocenters. The number of amides is 1. The molecular formula is C12H16Cl2N2O2. The van der Waals surface area contributed by atoms with Crippen molar-refractivity contribution in [3.8, 4) is 0 Å². The zero-order valence-electron chi connectivity index (χ0n) is 10.8. The minimum Gasteiger partial charge on any atom is -0.442 e. The van der Waals surface area contributed by atoms with E-state index in [1.54, 1.807) is 46.0 Å². The lowest BCUT2D eigenvalue weighted by molar-refractivity contribution is 0.0339. The Morgan fingerprint density at radius 1 is 1.33 bits per heavy atom. The molecule has 0 radical (unpaired) electrons. The van der Waals surface area contributed by atoms with Gasteiger partial charge in [-0.1, -0.05) is 29.3 Å². The third kappa shape index (κ3) is 4.27. The Kier molecular flexibility index (Phi) is 4.71. The number of benzene rings is 1. The average Bonchev–Trinajstić information content (AvgIpc) is 2.22. The lowest BCUT2D eigenvalue weighted by Gasteiger charge is -2.25. The van der Waals surface area contributed by atoms with Gasteiger partial charge in [0.2, 0.25) is 0 Å². The maximum atomic E-state index is 11.7. The molecule has 6 heteroatoms. The fourth-order valence-corrected chi connectivity index (χ4v) is 1.49. The number of nitrogens with one attached hydrogen (secondary N) is 1. The number of rotatable bonds is 2. The summed E-state index contributed by atoms with van der Waals surface area (Å²) in [5, 5.41) is 1.98. The third-order valence-electron chi connectivity index (χ3n) is 1.91. The average molecular weight is 291 g/mol. The van der Waals surface area contributed by atoms with Gasteiger partial charge in [0, 0.05) is 7.05 Å². The van der Waals surface area contributed by atoms with Gasteiger partial charge in [-0.05, 0) is 32.9 Å². The zero-order valence-corrected chi connectivity index (χ0v) is 12.3. The first-order valence-electron chi connectivity index (χ1n) is 5.38. The molecule has 1 N–H and O–H groups in total. The van der Waals surface area contributed by atoms with Crippen LogP contribution < -0.4 is 5.43 Å². The fraction of sp³-hybridized carbons (Fsp3) is 0.417. The van der Waals surface area contributed by atoms with E-state index in [-0.39, 0.29) is 0 Å². The maximum Gasteiger partial charge on any atom is 0.428 e. The SMILES string of the molecule is CN(Nc1cccc(Cl)c1Cl)C(=O)OC(C)(C)C. The smallest absolute Gasteiger partial charge is 0.428 e. The predicted molar refractivity (Wildman–Crippen MR) is 74.1 cm³/mol. The lowest BCUT2D eigenvalue weighted by Crippen LogP contribution is -2.37. The molecule has 100 valence electrons. The van der Waals surface area contributed by atoms with Gasteiger partial charge in [0.1, 0.15) is 5.60 Å². The summed E-state index contributed by atoms with van der Waals surface area (Å²) < 4.78 is 5.19. The summed E-state index contributed by atoms with van der Waals surface area (Å²) in [6, 6.07) is 5.12. The van der Waals surface area contributed by atoms with Gasteiger partial charge in [-0.2, -0.15) is 0 Å². The van der Waals surface area contributed by atoms with Crippen LogP contribution in [0.3, 0.4) is 0 Å². The zero-order chi connectivity index (χ0) is 13.9. The standard InChI is InChI=1S/C12H16Cl2N2O2/c1-12(2,3)18-11(17)16(4)15-9-7-5-6-8(13)10(9)14/h5-7,15H,1-4H3. The Hall–Kier alpha value is -1.13. The molecule has 0 saturated carbocycles. The highest BCUT2D eigenvalue weighted by molar-refractivity contribution is 6.43. The number of nitrogens with zero attached hydrogens (tertiary/aromatic N) is 1. The van der Waals surface area contributed by atoms with Crippen molar-refractivity contribution in [1.82, 2.24) is 5.01 Å². The second-order valence-corrected chi connectivity index (χ2v) is 5.54. The fourth-order valence-electron chi connectivity index (χ4n) is 1.15. The molecule has 18 heavy (non-hydrogen) atoms. The van der Waals surface area contributed by atoms with Crippen LogP contribution in [-0.4, -0.2) is 23.8 Å². The summed E-state index contributed by atoms with van der Waals surface area (Å²) in [4.78, 5) is 11.7. The first-order chi connectivity index (χ1) is 8.20. The molecule has 1 rings (SSSR count). The molecule has 1 amide bonds. The highest BCUT2D eigenvalue weighted by atomic mass is 35.5. The first kappa shape index (κ1) is 14.9. The molecule has 0 atom stereocenters. The van der Waals surface area contributed by atoms with E-state index in [0.717, 1.165) is 0 Å². The van der Waals surface area contributed by atoms with Crippen LogP contribution in [0.25, 0.3) is 0 Å². The first-order valence-corrected chi connectivity index (χ1v) is 6.13. The van der Waals surface area contributed by atoms with Crippen LogP contribution in [0.15, 0.2) is 18.2 Å². The van der Waals surface area contributed by atoms with Crippen molar-refractivity contribution in [2.45, 2.75) is 26.4 Å². The van der Waals surface area contributed by atoms with Gasteiger partial charge in [0.15, 0.2) is 0 Å². The molecule has 0 fully saturated rings. The Balaban J connectivity index is 2.73. The van der Waals surface area contributed by atoms with E-state index in [2.05, 4.69) is 5.43 Å². The monoisotopic (exact) mass is 290 g/mol. The Morgan fingerprint density at radius 2 is 1.94 bits per heavy atom. The number of anilines is 1. The molecule has 0 saturated heterocycles. The van der Waals surface area contributed by atoms with Gasteiger partial charge in [0.05, 0.1) is 15.7 Å². The van der Waals surface area contributed by atoms with E-state index in [1.165, 1.54) is 5.01 Å². The molecule has 1 aromatic carbocycles. The summed E-state index contributed by atoms with van der Waals surface area (Å²) in [7, 11) is 1.55. The van der Waals surface area contributed by atoms with E-state index in [4.69, 9.17) is 27.9 Å². The molecule has 0 bridgehead atoms. The number of ether oxygens (including phenoxy) is 1. The van der Waals surface area contributed by atoms with Crippen molar-refractivity contribution in [2.24, 2.45) is 0 Å². The third-order valence-corrected chi connectivity index (χ3v) is 2.73. The number of hydrogen-bond acceptors (Lipinski definition) is 3. The van der Waals surface area contributed by atoms with Crippen LogP contribution in [0.1, 0.15) is 20.8 Å². The molecule has 0 heterocycles. The molecular weight excluding hydrogens is 275 g/mol. The van der Waals surface area contributed by atoms with E-state index >= 15 is 0 Å². The van der Waals surface area contributed by atoms with Gasteiger partial charge in [-0.15, -0.1) is 0 Å². The summed E-state index contributed by atoms with van der Waals surface area (Å²) in [6.45, 7) is 5.39. The van der Waals surface area contributed by atoms with Crippen LogP contribution in [0.4, 0.5) is 10.5 Å². The summed E-state index contributed by atoms with van der Waals surface area (Å²) in [5.74, 6) is 0. The largest absolute Gasteiger partial charge is 0.442 e. The number of hydrogen-bond donors (Lipinski definition) is 1. The quantitative estimate of drug-likeness (QED) is 0.831. The Labute approximate surface area is 117 Å². The van der Waals surface area contributed by atoms with E-state index in [1.807, 2.05) is 0 Å². The highest BCUT2D eigenvalue weighted by Gasteiger charge is 2.20. The lowest BCUT2D eigenvalue weighted by atomic mass is 10.2. The van der Waals surface area contributed by atoms with Gasteiger partial charge >= 0.3 is 6.09 Å². The summed E-state index contributed by atoms with van der Waals surface area (Å²) in [5.41, 5.74) is 2.80. The minimum atomic E-state index is -0.550. The predicted octanol–water partition coefficient (Wildman–Crippen LogP) is 4.19. The normalized spacial score (nSPS) is 11.0. The number of carbonyl (C=O) groups is 1. The van der Waals surface area contributed by atoms with E-state index in [9.17, 15) is 4.79 Å². The van der Waals surface area contributed by atoms with Crippen LogP contribution in [-0.2, 0) is 4.74 Å². The van der Waals surface area contributed by atoms with Crippen molar-refractivity contribution in [1.29, 1.82) is 0 Å². The second kappa shape index (κ2) is 5.67. The number of halogens is 2. The Morgan fingerprint density at radius 3 is 2.50 bits per heavy atom. The van der Waals surface area contributed by atoms with Crippen LogP contribution >= 0.6 is 23.2 Å².